The molecular weight excluding hydrogens is 650 g/mol. The van der Waals surface area contributed by atoms with Crippen LogP contribution in [-0.4, -0.2) is 25.0 Å². The fraction of sp³-hybridized carbons (Fsp3) is 0.148. The molecule has 0 spiro atoms. The van der Waals surface area contributed by atoms with Crippen molar-refractivity contribution in [3.63, 3.8) is 0 Å². The molecule has 0 unspecified atom stereocenters. The highest BCUT2D eigenvalue weighted by molar-refractivity contribution is 14.1. The van der Waals surface area contributed by atoms with Crippen molar-refractivity contribution in [2.45, 2.75) is 13.1 Å². The number of nitriles is 1. The van der Waals surface area contributed by atoms with Crippen LogP contribution in [0.5, 0.6) is 11.5 Å². The third-order valence-electron chi connectivity index (χ3n) is 4.93. The Kier molecular flexibility index (Phi) is 10.2. The van der Waals surface area contributed by atoms with E-state index >= 15 is 0 Å². The maximum atomic E-state index is 13.0. The molecule has 202 valence electrons. The summed E-state index contributed by atoms with van der Waals surface area (Å²) in [5, 5.41) is 15.0. The van der Waals surface area contributed by atoms with E-state index in [1.165, 1.54) is 18.2 Å². The van der Waals surface area contributed by atoms with Gasteiger partial charge in [0.25, 0.3) is 11.8 Å². The van der Waals surface area contributed by atoms with Gasteiger partial charge in [-0.3, -0.25) is 9.59 Å². The Bertz CT molecular complexity index is 1440. The number of hydrogen-bond acceptors (Lipinski definition) is 5. The molecular formula is C27H20ClF3IN3O4. The maximum Gasteiger partial charge on any atom is 0.416 e. The van der Waals surface area contributed by atoms with Crippen LogP contribution in [0, 0.1) is 14.9 Å². The Labute approximate surface area is 240 Å². The molecule has 0 aliphatic rings. The fourth-order valence-corrected chi connectivity index (χ4v) is 4.14. The highest BCUT2D eigenvalue weighted by Crippen LogP contribution is 2.35. The first-order valence-corrected chi connectivity index (χ1v) is 12.7. The van der Waals surface area contributed by atoms with E-state index in [9.17, 15) is 28.0 Å². The van der Waals surface area contributed by atoms with Crippen LogP contribution in [0.3, 0.4) is 0 Å². The summed E-state index contributed by atoms with van der Waals surface area (Å²) in [4.78, 5) is 25.0. The van der Waals surface area contributed by atoms with Gasteiger partial charge in [0.15, 0.2) is 18.1 Å². The minimum absolute atomic E-state index is 0.110. The number of rotatable bonds is 9. The lowest BCUT2D eigenvalue weighted by molar-refractivity contribution is -0.137. The van der Waals surface area contributed by atoms with Crippen molar-refractivity contribution >= 4 is 63.5 Å². The van der Waals surface area contributed by atoms with E-state index in [1.54, 1.807) is 43.3 Å². The predicted molar refractivity (Wildman–Crippen MR) is 150 cm³/mol. The minimum Gasteiger partial charge on any atom is -0.490 e. The number of carbonyl (C=O) groups is 2. The van der Waals surface area contributed by atoms with Crippen LogP contribution in [0.15, 0.2) is 66.2 Å². The Morgan fingerprint density at radius 2 is 1.77 bits per heavy atom. The zero-order valence-electron chi connectivity index (χ0n) is 20.2. The van der Waals surface area contributed by atoms with Gasteiger partial charge in [-0.2, -0.15) is 18.4 Å². The zero-order valence-corrected chi connectivity index (χ0v) is 23.1. The van der Waals surface area contributed by atoms with Crippen molar-refractivity contribution < 1.29 is 32.2 Å². The van der Waals surface area contributed by atoms with Gasteiger partial charge in [-0.1, -0.05) is 17.7 Å². The highest BCUT2D eigenvalue weighted by atomic mass is 127. The average molecular weight is 670 g/mol. The molecule has 0 aliphatic carbocycles. The van der Waals surface area contributed by atoms with E-state index in [-0.39, 0.29) is 36.0 Å². The lowest BCUT2D eigenvalue weighted by Gasteiger charge is -2.15. The number of carbonyl (C=O) groups excluding carboxylic acids is 2. The first-order chi connectivity index (χ1) is 18.5. The van der Waals surface area contributed by atoms with Gasteiger partial charge in [-0.05, 0) is 95.8 Å². The molecule has 0 atom stereocenters. The first-order valence-electron chi connectivity index (χ1n) is 11.2. The molecule has 2 N–H and O–H groups in total. The van der Waals surface area contributed by atoms with Crippen LogP contribution in [0.2, 0.25) is 5.02 Å². The molecule has 0 aromatic heterocycles. The van der Waals surface area contributed by atoms with E-state index in [0.717, 1.165) is 18.2 Å². The molecule has 12 heteroatoms. The van der Waals surface area contributed by atoms with Gasteiger partial charge in [-0.15, -0.1) is 0 Å². The summed E-state index contributed by atoms with van der Waals surface area (Å²) >= 11 is 7.81. The standard InChI is InChI=1S/C27H20ClF3IN3O4/c1-2-38-23-12-16(10-17(14-33)26(37)35-21-5-3-4-18(13-21)27(29,30)31)11-22(32)25(23)39-15-24(36)34-20-8-6-19(28)7-9-20/h3-13H,2,15H2,1H3,(H,34,36)(H,35,37)/b17-10+. The van der Waals surface area contributed by atoms with Crippen LogP contribution in [0.1, 0.15) is 18.1 Å². The summed E-state index contributed by atoms with van der Waals surface area (Å²) in [6.07, 6.45) is -3.31. The quantitative estimate of drug-likeness (QED) is 0.146. The Morgan fingerprint density at radius 1 is 1.05 bits per heavy atom. The largest absolute Gasteiger partial charge is 0.490 e. The van der Waals surface area contributed by atoms with Gasteiger partial charge in [0.1, 0.15) is 11.6 Å². The van der Waals surface area contributed by atoms with Gasteiger partial charge < -0.3 is 20.1 Å². The van der Waals surface area contributed by atoms with Crippen LogP contribution in [0.25, 0.3) is 6.08 Å². The highest BCUT2D eigenvalue weighted by Gasteiger charge is 2.30. The van der Waals surface area contributed by atoms with Gasteiger partial charge in [0.2, 0.25) is 0 Å². The summed E-state index contributed by atoms with van der Waals surface area (Å²) in [7, 11) is 0. The van der Waals surface area contributed by atoms with Crippen molar-refractivity contribution in [2.75, 3.05) is 23.8 Å². The fourth-order valence-electron chi connectivity index (χ4n) is 3.23. The smallest absolute Gasteiger partial charge is 0.416 e. The maximum absolute atomic E-state index is 13.0. The van der Waals surface area contributed by atoms with Crippen LogP contribution in [0.4, 0.5) is 24.5 Å². The monoisotopic (exact) mass is 669 g/mol. The molecule has 2 amide bonds. The molecule has 0 saturated heterocycles. The van der Waals surface area contributed by atoms with Crippen molar-refractivity contribution in [1.29, 1.82) is 5.26 Å². The summed E-state index contributed by atoms with van der Waals surface area (Å²) in [5.41, 5.74) is -0.448. The molecule has 3 aromatic carbocycles. The third-order valence-corrected chi connectivity index (χ3v) is 5.98. The van der Waals surface area contributed by atoms with Crippen molar-refractivity contribution in [3.8, 4) is 17.6 Å². The van der Waals surface area contributed by atoms with Gasteiger partial charge in [0, 0.05) is 16.4 Å². The van der Waals surface area contributed by atoms with E-state index in [4.69, 9.17) is 21.1 Å². The lowest BCUT2D eigenvalue weighted by atomic mass is 10.1. The predicted octanol–water partition coefficient (Wildman–Crippen LogP) is 6.93. The first kappa shape index (κ1) is 29.8. The number of nitrogens with zero attached hydrogens (tertiary/aromatic N) is 1. The number of hydrogen-bond donors (Lipinski definition) is 2. The summed E-state index contributed by atoms with van der Waals surface area (Å²) < 4.78 is 50.8. The number of halogens is 5. The minimum atomic E-state index is -4.58. The Hall–Kier alpha value is -3.76. The molecule has 0 aliphatic heterocycles. The SMILES string of the molecule is CCOc1cc(/C=C(\C#N)C(=O)Nc2cccc(C(F)(F)F)c2)cc(I)c1OCC(=O)Nc1ccc(Cl)cc1. The molecule has 0 saturated carbocycles. The second kappa shape index (κ2) is 13.3. The van der Waals surface area contributed by atoms with Gasteiger partial charge in [0.05, 0.1) is 15.7 Å². The lowest BCUT2D eigenvalue weighted by Crippen LogP contribution is -2.20. The zero-order chi connectivity index (χ0) is 28.6. The molecule has 3 aromatic rings. The number of anilines is 2. The second-order valence-corrected chi connectivity index (χ2v) is 9.41. The Balaban J connectivity index is 1.77. The number of amides is 2. The van der Waals surface area contributed by atoms with Crippen molar-refractivity contribution in [1.82, 2.24) is 0 Å². The molecule has 3 rings (SSSR count). The normalized spacial score (nSPS) is 11.4. The van der Waals surface area contributed by atoms with Crippen LogP contribution < -0.4 is 20.1 Å². The third kappa shape index (κ3) is 8.62. The van der Waals surface area contributed by atoms with E-state index in [2.05, 4.69) is 10.6 Å². The summed E-state index contributed by atoms with van der Waals surface area (Å²) in [5.74, 6) is -0.750. The number of nitrogens with one attached hydrogen (secondary N) is 2. The molecule has 0 heterocycles. The van der Waals surface area contributed by atoms with E-state index in [0.29, 0.717) is 19.8 Å². The molecule has 0 radical (unpaired) electrons. The average Bonchev–Trinajstić information content (AvgIpc) is 2.88. The number of alkyl halides is 3. The topological polar surface area (TPSA) is 100 Å². The van der Waals surface area contributed by atoms with Crippen LogP contribution >= 0.6 is 34.2 Å². The van der Waals surface area contributed by atoms with Crippen molar-refractivity contribution in [3.05, 3.63) is 86.0 Å². The van der Waals surface area contributed by atoms with Crippen LogP contribution in [-0.2, 0) is 15.8 Å². The summed E-state index contributed by atoms with van der Waals surface area (Å²) in [6, 6.07) is 15.5. The summed E-state index contributed by atoms with van der Waals surface area (Å²) in [6.45, 7) is 1.68. The van der Waals surface area contributed by atoms with E-state index in [1.807, 2.05) is 22.6 Å². The van der Waals surface area contributed by atoms with Gasteiger partial charge in [-0.25, -0.2) is 0 Å². The molecule has 39 heavy (non-hydrogen) atoms. The number of benzene rings is 3. The second-order valence-electron chi connectivity index (χ2n) is 7.81. The van der Waals surface area contributed by atoms with Crippen molar-refractivity contribution in [2.24, 2.45) is 0 Å². The Morgan fingerprint density at radius 3 is 2.41 bits per heavy atom. The molecule has 0 fully saturated rings. The van der Waals surface area contributed by atoms with Gasteiger partial charge >= 0.3 is 6.18 Å². The number of ether oxygens (including phenoxy) is 2. The molecule has 7 nitrogen and oxygen atoms in total. The van der Waals surface area contributed by atoms with E-state index < -0.39 is 23.6 Å². The molecule has 0 bridgehead atoms.